The monoisotopic (exact) mass is 144 g/mol. The number of hydrogen-bond donors (Lipinski definition) is 3. The number of aliphatic hydroxyl groups is 1. The number of carbonyl (C=O) groups excluding carboxylic acids is 1. The maximum absolute atomic E-state index is 10.8. The summed E-state index contributed by atoms with van der Waals surface area (Å²) in [4.78, 5) is 10.8. The zero-order valence-electron chi connectivity index (χ0n) is 5.92. The van der Waals surface area contributed by atoms with E-state index in [4.69, 9.17) is 5.11 Å². The van der Waals surface area contributed by atoms with Gasteiger partial charge < -0.3 is 10.4 Å². The van der Waals surface area contributed by atoms with Crippen molar-refractivity contribution in [1.82, 2.24) is 10.6 Å². The molecule has 0 aromatic heterocycles. The van der Waals surface area contributed by atoms with Crippen LogP contribution in [0.5, 0.6) is 0 Å². The third-order valence-corrected chi connectivity index (χ3v) is 1.57. The third kappa shape index (κ3) is 1.46. The molecule has 58 valence electrons. The van der Waals surface area contributed by atoms with E-state index in [9.17, 15) is 4.79 Å². The number of nitrogens with one attached hydrogen (secondary N) is 2. The average Bonchev–Trinajstić information content (AvgIpc) is 1.94. The molecule has 0 aliphatic carbocycles. The Morgan fingerprint density at radius 1 is 1.80 bits per heavy atom. The predicted molar refractivity (Wildman–Crippen MR) is 36.5 cm³/mol. The summed E-state index contributed by atoms with van der Waals surface area (Å²) in [6.07, 6.45) is 0. The van der Waals surface area contributed by atoms with E-state index in [2.05, 4.69) is 10.6 Å². The molecule has 1 saturated heterocycles. The lowest BCUT2D eigenvalue weighted by molar-refractivity contribution is -0.125. The quantitative estimate of drug-likeness (QED) is 0.418. The lowest BCUT2D eigenvalue weighted by atomic mass is 10.2. The maximum Gasteiger partial charge on any atom is 0.239 e. The van der Waals surface area contributed by atoms with Crippen LogP contribution in [-0.2, 0) is 4.79 Å². The standard InChI is InChI=1S/C6H12N2O2/c1-4-2-7-6(10)5(3-9)8-4/h4-5,8-9H,2-3H2,1H3,(H,7,10). The van der Waals surface area contributed by atoms with E-state index in [1.54, 1.807) is 0 Å². The third-order valence-electron chi connectivity index (χ3n) is 1.57. The van der Waals surface area contributed by atoms with Crippen molar-refractivity contribution in [2.45, 2.75) is 19.0 Å². The Hall–Kier alpha value is -0.610. The summed E-state index contributed by atoms with van der Waals surface area (Å²) in [6.45, 7) is 2.48. The molecule has 10 heavy (non-hydrogen) atoms. The van der Waals surface area contributed by atoms with Gasteiger partial charge in [-0.15, -0.1) is 0 Å². The minimum absolute atomic E-state index is 0.111. The average molecular weight is 144 g/mol. The van der Waals surface area contributed by atoms with Gasteiger partial charge >= 0.3 is 0 Å². The molecule has 0 aromatic rings. The summed E-state index contributed by atoms with van der Waals surface area (Å²) in [7, 11) is 0. The highest BCUT2D eigenvalue weighted by atomic mass is 16.3. The molecule has 1 aliphatic heterocycles. The molecule has 0 radical (unpaired) electrons. The highest BCUT2D eigenvalue weighted by molar-refractivity contribution is 5.82. The molecule has 1 aliphatic rings. The second-order valence-corrected chi connectivity index (χ2v) is 2.55. The van der Waals surface area contributed by atoms with Gasteiger partial charge in [-0.3, -0.25) is 10.1 Å². The summed E-state index contributed by atoms with van der Waals surface area (Å²) in [5.41, 5.74) is 0. The van der Waals surface area contributed by atoms with Crippen LogP contribution < -0.4 is 10.6 Å². The first-order valence-corrected chi connectivity index (χ1v) is 3.38. The molecular weight excluding hydrogens is 132 g/mol. The number of amides is 1. The highest BCUT2D eigenvalue weighted by Gasteiger charge is 2.23. The van der Waals surface area contributed by atoms with Crippen molar-refractivity contribution < 1.29 is 9.90 Å². The predicted octanol–water partition coefficient (Wildman–Crippen LogP) is -1.54. The van der Waals surface area contributed by atoms with Crippen LogP contribution in [0.4, 0.5) is 0 Å². The molecule has 0 bridgehead atoms. The van der Waals surface area contributed by atoms with E-state index < -0.39 is 6.04 Å². The number of carbonyl (C=O) groups is 1. The van der Waals surface area contributed by atoms with Crippen LogP contribution in [0.2, 0.25) is 0 Å². The minimum atomic E-state index is -0.413. The van der Waals surface area contributed by atoms with Gasteiger partial charge in [0.05, 0.1) is 6.61 Å². The lowest BCUT2D eigenvalue weighted by Crippen LogP contribution is -2.58. The molecule has 1 rings (SSSR count). The first-order valence-electron chi connectivity index (χ1n) is 3.38. The molecule has 0 aromatic carbocycles. The minimum Gasteiger partial charge on any atom is -0.394 e. The van der Waals surface area contributed by atoms with Crippen LogP contribution in [0.15, 0.2) is 0 Å². The fourth-order valence-corrected chi connectivity index (χ4v) is 0.991. The number of aliphatic hydroxyl groups excluding tert-OH is 1. The van der Waals surface area contributed by atoms with Crippen LogP contribution in [0.3, 0.4) is 0 Å². The number of rotatable bonds is 1. The summed E-state index contributed by atoms with van der Waals surface area (Å²) in [5.74, 6) is -0.111. The Morgan fingerprint density at radius 3 is 3.00 bits per heavy atom. The zero-order valence-corrected chi connectivity index (χ0v) is 5.92. The topological polar surface area (TPSA) is 61.4 Å². The van der Waals surface area contributed by atoms with Crippen LogP contribution in [0.1, 0.15) is 6.92 Å². The van der Waals surface area contributed by atoms with Gasteiger partial charge in [0.1, 0.15) is 6.04 Å². The van der Waals surface area contributed by atoms with Crippen molar-refractivity contribution >= 4 is 5.91 Å². The summed E-state index contributed by atoms with van der Waals surface area (Å²) >= 11 is 0. The normalized spacial score (nSPS) is 33.6. The van der Waals surface area contributed by atoms with Crippen LogP contribution in [0.25, 0.3) is 0 Å². The van der Waals surface area contributed by atoms with E-state index in [1.807, 2.05) is 6.92 Å². The van der Waals surface area contributed by atoms with Crippen LogP contribution >= 0.6 is 0 Å². The molecule has 1 heterocycles. The molecule has 4 nitrogen and oxygen atoms in total. The Balaban J connectivity index is 2.45. The fraction of sp³-hybridized carbons (Fsp3) is 0.833. The Bertz CT molecular complexity index is 138. The number of hydrogen-bond acceptors (Lipinski definition) is 3. The molecule has 1 amide bonds. The summed E-state index contributed by atoms with van der Waals surface area (Å²) in [5, 5.41) is 14.3. The zero-order chi connectivity index (χ0) is 7.56. The van der Waals surface area contributed by atoms with Gasteiger partial charge in [0.2, 0.25) is 5.91 Å². The van der Waals surface area contributed by atoms with Crippen molar-refractivity contribution in [2.24, 2.45) is 0 Å². The maximum atomic E-state index is 10.8. The first-order chi connectivity index (χ1) is 4.74. The van der Waals surface area contributed by atoms with Gasteiger partial charge in [0.15, 0.2) is 0 Å². The second kappa shape index (κ2) is 2.98. The van der Waals surface area contributed by atoms with E-state index in [1.165, 1.54) is 0 Å². The van der Waals surface area contributed by atoms with E-state index in [0.29, 0.717) is 6.54 Å². The van der Waals surface area contributed by atoms with E-state index in [-0.39, 0.29) is 18.6 Å². The smallest absolute Gasteiger partial charge is 0.239 e. The van der Waals surface area contributed by atoms with Gasteiger partial charge in [-0.2, -0.15) is 0 Å². The largest absolute Gasteiger partial charge is 0.394 e. The van der Waals surface area contributed by atoms with Crippen molar-refractivity contribution in [3.05, 3.63) is 0 Å². The van der Waals surface area contributed by atoms with E-state index >= 15 is 0 Å². The van der Waals surface area contributed by atoms with Gasteiger partial charge in [0, 0.05) is 12.6 Å². The molecule has 2 atom stereocenters. The van der Waals surface area contributed by atoms with Gasteiger partial charge in [-0.25, -0.2) is 0 Å². The first kappa shape index (κ1) is 7.50. The Morgan fingerprint density at radius 2 is 2.50 bits per heavy atom. The lowest BCUT2D eigenvalue weighted by Gasteiger charge is -2.27. The van der Waals surface area contributed by atoms with E-state index in [0.717, 1.165) is 0 Å². The SMILES string of the molecule is CC1CNC(=O)C(CO)N1. The molecule has 1 fully saturated rings. The van der Waals surface area contributed by atoms with Crippen LogP contribution in [-0.4, -0.2) is 36.2 Å². The van der Waals surface area contributed by atoms with Gasteiger partial charge in [0.25, 0.3) is 0 Å². The molecule has 2 unspecified atom stereocenters. The van der Waals surface area contributed by atoms with Crippen molar-refractivity contribution in [1.29, 1.82) is 0 Å². The summed E-state index contributed by atoms with van der Waals surface area (Å²) < 4.78 is 0. The highest BCUT2D eigenvalue weighted by Crippen LogP contribution is 1.93. The van der Waals surface area contributed by atoms with Crippen LogP contribution in [0, 0.1) is 0 Å². The summed E-state index contributed by atoms with van der Waals surface area (Å²) in [6, 6.07) is -0.154. The molecule has 0 spiro atoms. The van der Waals surface area contributed by atoms with Crippen molar-refractivity contribution in [3.8, 4) is 0 Å². The van der Waals surface area contributed by atoms with Gasteiger partial charge in [-0.1, -0.05) is 0 Å². The fourth-order valence-electron chi connectivity index (χ4n) is 0.991. The second-order valence-electron chi connectivity index (χ2n) is 2.55. The molecular formula is C6H12N2O2. The Kier molecular flexibility index (Phi) is 2.24. The van der Waals surface area contributed by atoms with Crippen molar-refractivity contribution in [3.63, 3.8) is 0 Å². The molecule has 3 N–H and O–H groups in total. The van der Waals surface area contributed by atoms with Gasteiger partial charge in [-0.05, 0) is 6.92 Å². The molecule has 0 saturated carbocycles. The van der Waals surface area contributed by atoms with Crippen molar-refractivity contribution in [2.75, 3.05) is 13.2 Å². The number of piperazine rings is 1. The Labute approximate surface area is 59.6 Å². The molecule has 4 heteroatoms.